The molecule has 108 valence electrons. The fraction of sp³-hybridized carbons (Fsp3) is 0.462. The molecule has 0 spiro atoms. The zero-order chi connectivity index (χ0) is 14.6. The zero-order valence-electron chi connectivity index (χ0n) is 10.9. The van der Waals surface area contributed by atoms with Crippen LogP contribution in [0.25, 0.3) is 0 Å². The van der Waals surface area contributed by atoms with Crippen molar-refractivity contribution >= 4 is 21.6 Å². The molecule has 1 aromatic rings. The van der Waals surface area contributed by atoms with Crippen LogP contribution in [0.2, 0.25) is 5.02 Å². The first-order valence-electron chi connectivity index (χ1n) is 6.45. The minimum absolute atomic E-state index is 0.0664. The predicted molar refractivity (Wildman–Crippen MR) is 77.0 cm³/mol. The second kappa shape index (κ2) is 6.55. The number of hydrogen-bond acceptors (Lipinski definition) is 4. The Morgan fingerprint density at radius 3 is 2.90 bits per heavy atom. The SMILES string of the molecule is N#Cc1ccc(Cl)cc1S(=O)(=O)NCC1CCCCN1. The maximum atomic E-state index is 12.3. The van der Waals surface area contributed by atoms with E-state index in [0.717, 1.165) is 25.8 Å². The average molecular weight is 314 g/mol. The third-order valence-electron chi connectivity index (χ3n) is 3.29. The summed E-state index contributed by atoms with van der Waals surface area (Å²) in [7, 11) is -3.72. The van der Waals surface area contributed by atoms with E-state index in [0.29, 0.717) is 11.6 Å². The second-order valence-electron chi connectivity index (χ2n) is 4.75. The molecule has 2 rings (SSSR count). The van der Waals surface area contributed by atoms with Crippen molar-refractivity contribution in [2.75, 3.05) is 13.1 Å². The normalized spacial score (nSPS) is 19.5. The number of halogens is 1. The minimum atomic E-state index is -3.72. The van der Waals surface area contributed by atoms with Gasteiger partial charge in [-0.2, -0.15) is 5.26 Å². The van der Waals surface area contributed by atoms with Crippen LogP contribution in [0, 0.1) is 11.3 Å². The Hall–Kier alpha value is -1.13. The Balaban J connectivity index is 2.14. The summed E-state index contributed by atoms with van der Waals surface area (Å²) in [5.74, 6) is 0. The summed E-state index contributed by atoms with van der Waals surface area (Å²) in [4.78, 5) is -0.0664. The molecular formula is C13H16ClN3O2S. The van der Waals surface area contributed by atoms with Gasteiger partial charge in [-0.3, -0.25) is 0 Å². The Morgan fingerprint density at radius 1 is 1.45 bits per heavy atom. The number of sulfonamides is 1. The van der Waals surface area contributed by atoms with Gasteiger partial charge >= 0.3 is 0 Å². The third kappa shape index (κ3) is 3.70. The van der Waals surface area contributed by atoms with Gasteiger partial charge in [0.05, 0.1) is 5.56 Å². The number of benzene rings is 1. The Morgan fingerprint density at radius 2 is 2.25 bits per heavy atom. The summed E-state index contributed by atoms with van der Waals surface area (Å²) < 4.78 is 27.1. The van der Waals surface area contributed by atoms with Gasteiger partial charge in [0.1, 0.15) is 11.0 Å². The van der Waals surface area contributed by atoms with Crippen molar-refractivity contribution in [3.8, 4) is 6.07 Å². The number of nitrogens with zero attached hydrogens (tertiary/aromatic N) is 1. The topological polar surface area (TPSA) is 82.0 Å². The van der Waals surface area contributed by atoms with Crippen LogP contribution >= 0.6 is 11.6 Å². The highest BCUT2D eigenvalue weighted by molar-refractivity contribution is 7.89. The highest BCUT2D eigenvalue weighted by Gasteiger charge is 2.21. The van der Waals surface area contributed by atoms with E-state index in [1.54, 1.807) is 0 Å². The molecule has 2 N–H and O–H groups in total. The van der Waals surface area contributed by atoms with E-state index < -0.39 is 10.0 Å². The fourth-order valence-electron chi connectivity index (χ4n) is 2.20. The van der Waals surface area contributed by atoms with Crippen molar-refractivity contribution in [3.63, 3.8) is 0 Å². The van der Waals surface area contributed by atoms with Gasteiger partial charge < -0.3 is 5.32 Å². The lowest BCUT2D eigenvalue weighted by molar-refractivity contribution is 0.398. The van der Waals surface area contributed by atoms with E-state index in [-0.39, 0.29) is 16.5 Å². The van der Waals surface area contributed by atoms with Gasteiger partial charge in [0.2, 0.25) is 10.0 Å². The van der Waals surface area contributed by atoms with E-state index in [9.17, 15) is 8.42 Å². The van der Waals surface area contributed by atoms with Crippen LogP contribution in [0.3, 0.4) is 0 Å². The van der Waals surface area contributed by atoms with Crippen molar-refractivity contribution in [3.05, 3.63) is 28.8 Å². The molecule has 0 aliphatic carbocycles. The number of piperidine rings is 1. The van der Waals surface area contributed by atoms with Crippen LogP contribution in [0.15, 0.2) is 23.1 Å². The van der Waals surface area contributed by atoms with E-state index >= 15 is 0 Å². The Kier molecular flexibility index (Phi) is 5.00. The van der Waals surface area contributed by atoms with Gasteiger partial charge in [-0.15, -0.1) is 0 Å². The van der Waals surface area contributed by atoms with Crippen molar-refractivity contribution in [1.29, 1.82) is 5.26 Å². The van der Waals surface area contributed by atoms with E-state index in [2.05, 4.69) is 10.0 Å². The Labute approximate surface area is 124 Å². The number of nitrogens with one attached hydrogen (secondary N) is 2. The van der Waals surface area contributed by atoms with Crippen LogP contribution in [0.1, 0.15) is 24.8 Å². The van der Waals surface area contributed by atoms with Gasteiger partial charge in [-0.05, 0) is 37.6 Å². The number of hydrogen-bond donors (Lipinski definition) is 2. The summed E-state index contributed by atoms with van der Waals surface area (Å²) in [5, 5.41) is 12.5. The summed E-state index contributed by atoms with van der Waals surface area (Å²) >= 11 is 5.81. The largest absolute Gasteiger partial charge is 0.313 e. The standard InChI is InChI=1S/C13H16ClN3O2S/c14-11-5-4-10(8-15)13(7-11)20(18,19)17-9-12-3-1-2-6-16-12/h4-5,7,12,16-17H,1-3,6,9H2. The second-order valence-corrected chi connectivity index (χ2v) is 6.92. The highest BCUT2D eigenvalue weighted by atomic mass is 35.5. The molecule has 0 aromatic heterocycles. The van der Waals surface area contributed by atoms with Gasteiger partial charge in [0, 0.05) is 17.6 Å². The first-order valence-corrected chi connectivity index (χ1v) is 8.32. The Bertz CT molecular complexity index is 619. The summed E-state index contributed by atoms with van der Waals surface area (Å²) in [6.45, 7) is 1.23. The van der Waals surface area contributed by atoms with Crippen molar-refractivity contribution < 1.29 is 8.42 Å². The lowest BCUT2D eigenvalue weighted by Crippen LogP contribution is -2.43. The molecule has 1 saturated heterocycles. The molecule has 1 fully saturated rings. The zero-order valence-corrected chi connectivity index (χ0v) is 12.5. The molecule has 0 bridgehead atoms. The van der Waals surface area contributed by atoms with Crippen molar-refractivity contribution in [1.82, 2.24) is 10.0 Å². The van der Waals surface area contributed by atoms with Gasteiger partial charge in [0.15, 0.2) is 0 Å². The first-order chi connectivity index (χ1) is 9.53. The molecule has 1 aliphatic rings. The average Bonchev–Trinajstić information content (AvgIpc) is 2.46. The number of nitriles is 1. The molecular weight excluding hydrogens is 298 g/mol. The molecule has 1 atom stereocenters. The maximum Gasteiger partial charge on any atom is 0.241 e. The van der Waals surface area contributed by atoms with Crippen molar-refractivity contribution in [2.24, 2.45) is 0 Å². The number of rotatable bonds is 4. The van der Waals surface area contributed by atoms with Crippen LogP contribution in [-0.4, -0.2) is 27.5 Å². The molecule has 1 unspecified atom stereocenters. The fourth-order valence-corrected chi connectivity index (χ4v) is 3.70. The summed E-state index contributed by atoms with van der Waals surface area (Å²) in [6, 6.07) is 6.23. The van der Waals surface area contributed by atoms with Crippen LogP contribution in [0.5, 0.6) is 0 Å². The van der Waals surface area contributed by atoms with Gasteiger partial charge in [0.25, 0.3) is 0 Å². The quantitative estimate of drug-likeness (QED) is 0.885. The van der Waals surface area contributed by atoms with Gasteiger partial charge in [-0.1, -0.05) is 18.0 Å². The van der Waals surface area contributed by atoms with E-state index in [1.807, 2.05) is 6.07 Å². The molecule has 0 saturated carbocycles. The monoisotopic (exact) mass is 313 g/mol. The van der Waals surface area contributed by atoms with Gasteiger partial charge in [-0.25, -0.2) is 13.1 Å². The van der Waals surface area contributed by atoms with Crippen LogP contribution < -0.4 is 10.0 Å². The molecule has 1 aromatic carbocycles. The minimum Gasteiger partial charge on any atom is -0.313 e. The smallest absolute Gasteiger partial charge is 0.241 e. The summed E-state index contributed by atoms with van der Waals surface area (Å²) in [6.07, 6.45) is 3.17. The lowest BCUT2D eigenvalue weighted by Gasteiger charge is -2.23. The molecule has 0 radical (unpaired) electrons. The molecule has 0 amide bonds. The summed E-state index contributed by atoms with van der Waals surface area (Å²) in [5.41, 5.74) is 0.0958. The molecule has 20 heavy (non-hydrogen) atoms. The first kappa shape index (κ1) is 15.3. The van der Waals surface area contributed by atoms with Crippen LogP contribution in [-0.2, 0) is 10.0 Å². The van der Waals surface area contributed by atoms with Crippen LogP contribution in [0.4, 0.5) is 0 Å². The lowest BCUT2D eigenvalue weighted by atomic mass is 10.1. The highest BCUT2D eigenvalue weighted by Crippen LogP contribution is 2.20. The predicted octanol–water partition coefficient (Wildman–Crippen LogP) is 1.63. The molecule has 5 nitrogen and oxygen atoms in total. The molecule has 1 aliphatic heterocycles. The van der Waals surface area contributed by atoms with Crippen molar-refractivity contribution in [2.45, 2.75) is 30.2 Å². The molecule has 1 heterocycles. The molecule has 7 heteroatoms. The maximum absolute atomic E-state index is 12.3. The third-order valence-corrected chi connectivity index (χ3v) is 4.98. The van der Waals surface area contributed by atoms with E-state index in [1.165, 1.54) is 18.2 Å². The van der Waals surface area contributed by atoms with E-state index in [4.69, 9.17) is 16.9 Å².